The Morgan fingerprint density at radius 2 is 1.62 bits per heavy atom. The topological polar surface area (TPSA) is 129 Å². The van der Waals surface area contributed by atoms with E-state index in [4.69, 9.17) is 9.47 Å². The number of esters is 1. The maximum atomic E-state index is 14.2. The number of carbonyl (C=O) groups excluding carboxylic acids is 4. The number of urea groups is 2. The molecule has 2 unspecified atom stereocenters. The fourth-order valence-corrected chi connectivity index (χ4v) is 6.33. The van der Waals surface area contributed by atoms with Crippen LogP contribution in [0.3, 0.4) is 0 Å². The Morgan fingerprint density at radius 1 is 0.940 bits per heavy atom. The Bertz CT molecular complexity index is 1690. The molecule has 3 N–H and O–H groups in total. The summed E-state index contributed by atoms with van der Waals surface area (Å²) in [6.45, 7) is 9.60. The first-order chi connectivity index (χ1) is 23.9. The summed E-state index contributed by atoms with van der Waals surface area (Å²) in [6, 6.07) is 21.0. The number of nitrogens with one attached hydrogen (secondary N) is 3. The number of methoxy groups -OCH3 is 1. The highest BCUT2D eigenvalue weighted by Gasteiger charge is 2.53. The van der Waals surface area contributed by atoms with Gasteiger partial charge in [0.15, 0.2) is 0 Å². The first-order valence-corrected chi connectivity index (χ1v) is 17.3. The van der Waals surface area contributed by atoms with Crippen molar-refractivity contribution in [3.05, 3.63) is 89.5 Å². The van der Waals surface area contributed by atoms with Crippen LogP contribution in [0.1, 0.15) is 76.1 Å². The Kier molecular flexibility index (Phi) is 11.5. The first-order valence-electron chi connectivity index (χ1n) is 17.3. The van der Waals surface area contributed by atoms with Gasteiger partial charge in [0.25, 0.3) is 5.91 Å². The highest BCUT2D eigenvalue weighted by molar-refractivity contribution is 6.07. The quantitative estimate of drug-likeness (QED) is 0.116. The van der Waals surface area contributed by atoms with Gasteiger partial charge < -0.3 is 30.3 Å². The van der Waals surface area contributed by atoms with E-state index in [1.54, 1.807) is 30.9 Å². The van der Waals surface area contributed by atoms with Crippen LogP contribution in [0.15, 0.2) is 72.8 Å². The van der Waals surface area contributed by atoms with E-state index in [0.29, 0.717) is 36.0 Å². The molecule has 1 aliphatic heterocycles. The molecule has 1 heterocycles. The smallest absolute Gasteiger partial charge is 0.328 e. The maximum Gasteiger partial charge on any atom is 0.328 e. The minimum atomic E-state index is -1.10. The molecule has 3 aromatic carbocycles. The number of rotatable bonds is 15. The second-order valence-electron chi connectivity index (χ2n) is 14.0. The SMILES string of the molecule is COc1cc(CN2C(=O)N(C(CNC(CC(=O)OC(C)C)c3ccccc3)CC3CC3)C(=O)C2(C)C)ccc1NC(=O)Nc1ccccc1C. The highest BCUT2D eigenvalue weighted by atomic mass is 16.5. The molecule has 11 heteroatoms. The number of hydrogen-bond donors (Lipinski definition) is 3. The van der Waals surface area contributed by atoms with E-state index in [9.17, 15) is 19.2 Å². The molecule has 3 aromatic rings. The molecule has 266 valence electrons. The molecular weight excluding hydrogens is 634 g/mol. The van der Waals surface area contributed by atoms with Crippen molar-refractivity contribution in [2.75, 3.05) is 24.3 Å². The molecule has 1 aliphatic carbocycles. The molecular formula is C39H49N5O6. The lowest BCUT2D eigenvalue weighted by atomic mass is 10.0. The summed E-state index contributed by atoms with van der Waals surface area (Å²) in [4.78, 5) is 56.8. The van der Waals surface area contributed by atoms with E-state index in [-0.39, 0.29) is 43.0 Å². The van der Waals surface area contributed by atoms with Gasteiger partial charge in [-0.25, -0.2) is 9.59 Å². The number of benzene rings is 3. The third kappa shape index (κ3) is 8.81. The molecule has 0 radical (unpaired) electrons. The van der Waals surface area contributed by atoms with Crippen LogP contribution in [0.5, 0.6) is 5.75 Å². The Labute approximate surface area is 294 Å². The molecule has 5 rings (SSSR count). The molecule has 0 bridgehead atoms. The van der Waals surface area contributed by atoms with Gasteiger partial charge >= 0.3 is 18.0 Å². The molecule has 2 aliphatic rings. The molecule has 50 heavy (non-hydrogen) atoms. The predicted molar refractivity (Wildman–Crippen MR) is 193 cm³/mol. The lowest BCUT2D eigenvalue weighted by molar-refractivity contribution is -0.148. The zero-order valence-electron chi connectivity index (χ0n) is 29.8. The Hall–Kier alpha value is -4.90. The van der Waals surface area contributed by atoms with Gasteiger partial charge in [-0.2, -0.15) is 0 Å². The summed E-state index contributed by atoms with van der Waals surface area (Å²) in [6.07, 6.45) is 2.70. The summed E-state index contributed by atoms with van der Waals surface area (Å²) in [5.74, 6) is 0.287. The van der Waals surface area contributed by atoms with Crippen molar-refractivity contribution in [1.82, 2.24) is 15.1 Å². The second kappa shape index (κ2) is 15.8. The number of hydrogen-bond acceptors (Lipinski definition) is 7. The summed E-state index contributed by atoms with van der Waals surface area (Å²) in [5.41, 5.74) is 2.67. The predicted octanol–water partition coefficient (Wildman–Crippen LogP) is 7.03. The van der Waals surface area contributed by atoms with Gasteiger partial charge in [-0.1, -0.05) is 67.4 Å². The van der Waals surface area contributed by atoms with Crippen molar-refractivity contribution in [3.8, 4) is 5.75 Å². The second-order valence-corrected chi connectivity index (χ2v) is 14.0. The minimum absolute atomic E-state index is 0.123. The molecule has 2 fully saturated rings. The third-order valence-corrected chi connectivity index (χ3v) is 9.31. The van der Waals surface area contributed by atoms with E-state index in [1.165, 1.54) is 12.0 Å². The summed E-state index contributed by atoms with van der Waals surface area (Å²) in [5, 5.41) is 9.21. The Balaban J connectivity index is 1.31. The number of nitrogens with zero attached hydrogens (tertiary/aromatic N) is 2. The van der Waals surface area contributed by atoms with Crippen LogP contribution in [-0.4, -0.2) is 65.1 Å². The minimum Gasteiger partial charge on any atom is -0.495 e. The van der Waals surface area contributed by atoms with E-state index >= 15 is 0 Å². The Morgan fingerprint density at radius 3 is 2.28 bits per heavy atom. The van der Waals surface area contributed by atoms with Crippen molar-refractivity contribution in [3.63, 3.8) is 0 Å². The zero-order valence-corrected chi connectivity index (χ0v) is 29.8. The lowest BCUT2D eigenvalue weighted by Gasteiger charge is -2.29. The molecule has 11 nitrogen and oxygen atoms in total. The number of ether oxygens (including phenoxy) is 2. The molecule has 2 atom stereocenters. The maximum absolute atomic E-state index is 14.2. The normalized spacial score (nSPS) is 16.7. The number of para-hydroxylation sites is 1. The van der Waals surface area contributed by atoms with Crippen LogP contribution in [0, 0.1) is 12.8 Å². The van der Waals surface area contributed by atoms with E-state index < -0.39 is 17.6 Å². The van der Waals surface area contributed by atoms with Crippen LogP contribution >= 0.6 is 0 Å². The molecule has 5 amide bonds. The number of carbonyl (C=O) groups is 4. The van der Waals surface area contributed by atoms with Crippen molar-refractivity contribution >= 4 is 35.3 Å². The fraction of sp³-hybridized carbons (Fsp3) is 0.436. The zero-order chi connectivity index (χ0) is 36.0. The fourth-order valence-electron chi connectivity index (χ4n) is 6.33. The van der Waals surface area contributed by atoms with Gasteiger partial charge in [0, 0.05) is 24.8 Å². The van der Waals surface area contributed by atoms with Gasteiger partial charge in [0.2, 0.25) is 0 Å². The van der Waals surface area contributed by atoms with Gasteiger partial charge in [-0.3, -0.25) is 14.5 Å². The molecule has 0 spiro atoms. The largest absolute Gasteiger partial charge is 0.495 e. The van der Waals surface area contributed by atoms with Crippen LogP contribution in [0.2, 0.25) is 0 Å². The van der Waals surface area contributed by atoms with E-state index in [1.807, 2.05) is 81.4 Å². The first kappa shape index (κ1) is 36.4. The summed E-state index contributed by atoms with van der Waals surface area (Å²) >= 11 is 0. The lowest BCUT2D eigenvalue weighted by Crippen LogP contribution is -2.48. The van der Waals surface area contributed by atoms with Gasteiger partial charge in [0.05, 0.1) is 31.4 Å². The number of imide groups is 1. The average molecular weight is 684 g/mol. The third-order valence-electron chi connectivity index (χ3n) is 9.31. The van der Waals surface area contributed by atoms with Gasteiger partial charge in [-0.05, 0) is 81.8 Å². The highest BCUT2D eigenvalue weighted by Crippen LogP contribution is 2.39. The molecule has 1 saturated heterocycles. The van der Waals surface area contributed by atoms with Crippen LogP contribution < -0.4 is 20.7 Å². The van der Waals surface area contributed by atoms with E-state index in [2.05, 4.69) is 16.0 Å². The monoisotopic (exact) mass is 683 g/mol. The average Bonchev–Trinajstić information content (AvgIpc) is 3.88. The van der Waals surface area contributed by atoms with E-state index in [0.717, 1.165) is 29.5 Å². The van der Waals surface area contributed by atoms with Crippen LogP contribution in [-0.2, 0) is 20.9 Å². The molecule has 1 saturated carbocycles. The van der Waals surface area contributed by atoms with Crippen LogP contribution in [0.4, 0.5) is 21.0 Å². The van der Waals surface area contributed by atoms with Crippen molar-refractivity contribution in [1.29, 1.82) is 0 Å². The van der Waals surface area contributed by atoms with Gasteiger partial charge in [-0.15, -0.1) is 0 Å². The standard InChI is InChI=1S/C39H49N5O6/c1-25(2)50-35(45)22-33(29-13-8-7-9-14-29)40-23-30(20-27-16-17-27)44-36(46)39(4,5)43(38(44)48)24-28-18-19-32(34(21-28)49-6)42-37(47)41-31-15-11-10-12-26(31)3/h7-15,18-19,21,25,27,30,33,40H,16-17,20,22-24H2,1-6H3,(H2,41,42,47). The van der Waals surface area contributed by atoms with Gasteiger partial charge in [0.1, 0.15) is 11.3 Å². The van der Waals surface area contributed by atoms with Crippen molar-refractivity contribution in [2.24, 2.45) is 5.92 Å². The number of amides is 5. The number of aryl methyl sites for hydroxylation is 1. The molecule has 0 aromatic heterocycles. The van der Waals surface area contributed by atoms with Crippen molar-refractivity contribution < 1.29 is 28.7 Å². The van der Waals surface area contributed by atoms with Crippen LogP contribution in [0.25, 0.3) is 0 Å². The summed E-state index contributed by atoms with van der Waals surface area (Å²) < 4.78 is 11.1. The number of anilines is 2. The van der Waals surface area contributed by atoms with Crippen molar-refractivity contribution in [2.45, 2.75) is 90.6 Å². The summed E-state index contributed by atoms with van der Waals surface area (Å²) in [7, 11) is 1.51.